The second kappa shape index (κ2) is 5.20. The van der Waals surface area contributed by atoms with Gasteiger partial charge in [-0.05, 0) is 48.8 Å². The van der Waals surface area contributed by atoms with Gasteiger partial charge in [-0.2, -0.15) is 0 Å². The maximum atomic E-state index is 10.7. The molecule has 2 aromatic rings. The lowest BCUT2D eigenvalue weighted by Gasteiger charge is -2.24. The minimum atomic E-state index is -0.415. The summed E-state index contributed by atoms with van der Waals surface area (Å²) >= 11 is 1.80. The molecule has 2 heterocycles. The molecule has 1 atom stereocenters. The van der Waals surface area contributed by atoms with Crippen molar-refractivity contribution < 1.29 is 4.92 Å². The summed E-state index contributed by atoms with van der Waals surface area (Å²) in [6, 6.07) is 3.99. The van der Waals surface area contributed by atoms with Crippen LogP contribution < -0.4 is 5.32 Å². The zero-order valence-electron chi connectivity index (χ0n) is 11.1. The molecule has 0 aliphatic heterocycles. The second-order valence-electron chi connectivity index (χ2n) is 5.00. The van der Waals surface area contributed by atoms with Gasteiger partial charge in [0.15, 0.2) is 0 Å². The molecule has 0 saturated carbocycles. The molecule has 20 heavy (non-hydrogen) atoms. The zero-order chi connectivity index (χ0) is 14.1. The van der Waals surface area contributed by atoms with Crippen LogP contribution in [-0.4, -0.2) is 9.91 Å². The van der Waals surface area contributed by atoms with Crippen LogP contribution >= 0.6 is 11.3 Å². The Bertz CT molecular complexity index is 654. The second-order valence-corrected chi connectivity index (χ2v) is 6.01. The standard InChI is InChI=1S/C14H15N3O2S/c1-9-7-10(17(18)19)8-15-14(9)16-12-3-2-4-13-11(12)5-6-20-13/h5-8,12H,2-4H2,1H3,(H,15,16). The van der Waals surface area contributed by atoms with Crippen LogP contribution in [-0.2, 0) is 6.42 Å². The van der Waals surface area contributed by atoms with Crippen LogP contribution in [0.5, 0.6) is 0 Å². The number of thiophene rings is 1. The monoisotopic (exact) mass is 289 g/mol. The van der Waals surface area contributed by atoms with Crippen LogP contribution in [0.2, 0.25) is 0 Å². The molecule has 104 valence electrons. The molecule has 2 aromatic heterocycles. The van der Waals surface area contributed by atoms with Gasteiger partial charge in [0.05, 0.1) is 11.0 Å². The highest BCUT2D eigenvalue weighted by Gasteiger charge is 2.22. The first kappa shape index (κ1) is 13.1. The maximum absolute atomic E-state index is 10.7. The molecule has 1 N–H and O–H groups in total. The summed E-state index contributed by atoms with van der Waals surface area (Å²) in [5.41, 5.74) is 2.19. The van der Waals surface area contributed by atoms with Crippen molar-refractivity contribution in [3.05, 3.63) is 49.8 Å². The molecule has 5 nitrogen and oxygen atoms in total. The van der Waals surface area contributed by atoms with E-state index in [1.165, 1.54) is 16.6 Å². The Morgan fingerprint density at radius 3 is 3.15 bits per heavy atom. The molecule has 0 bridgehead atoms. The lowest BCUT2D eigenvalue weighted by molar-refractivity contribution is -0.385. The molecule has 0 radical (unpaired) electrons. The van der Waals surface area contributed by atoms with E-state index >= 15 is 0 Å². The predicted octanol–water partition coefficient (Wildman–Crippen LogP) is 3.85. The number of rotatable bonds is 3. The molecule has 0 fully saturated rings. The van der Waals surface area contributed by atoms with Crippen LogP contribution in [0, 0.1) is 17.0 Å². The molecule has 0 aromatic carbocycles. The molecule has 1 unspecified atom stereocenters. The summed E-state index contributed by atoms with van der Waals surface area (Å²) in [5, 5.41) is 16.3. The normalized spacial score (nSPS) is 17.6. The summed E-state index contributed by atoms with van der Waals surface area (Å²) in [6.45, 7) is 1.85. The van der Waals surface area contributed by atoms with Gasteiger partial charge >= 0.3 is 0 Å². The summed E-state index contributed by atoms with van der Waals surface area (Å²) in [4.78, 5) is 16.0. The van der Waals surface area contributed by atoms with E-state index in [2.05, 4.69) is 21.7 Å². The topological polar surface area (TPSA) is 68.1 Å². The lowest BCUT2D eigenvalue weighted by atomic mass is 9.94. The Balaban J connectivity index is 1.84. The van der Waals surface area contributed by atoms with Crippen molar-refractivity contribution in [3.63, 3.8) is 0 Å². The highest BCUT2D eigenvalue weighted by atomic mass is 32.1. The minimum absolute atomic E-state index is 0.0351. The highest BCUT2D eigenvalue weighted by molar-refractivity contribution is 7.10. The van der Waals surface area contributed by atoms with Crippen molar-refractivity contribution in [2.45, 2.75) is 32.2 Å². The molecule has 1 aliphatic rings. The fourth-order valence-corrected chi connectivity index (χ4v) is 3.60. The Morgan fingerprint density at radius 2 is 2.40 bits per heavy atom. The summed E-state index contributed by atoms with van der Waals surface area (Å²) in [5.74, 6) is 0.736. The van der Waals surface area contributed by atoms with Crippen molar-refractivity contribution in [1.82, 2.24) is 4.98 Å². The maximum Gasteiger partial charge on any atom is 0.287 e. The van der Waals surface area contributed by atoms with Crippen LogP contribution in [0.4, 0.5) is 11.5 Å². The summed E-state index contributed by atoms with van der Waals surface area (Å²) < 4.78 is 0. The number of pyridine rings is 1. The summed E-state index contributed by atoms with van der Waals surface area (Å²) in [7, 11) is 0. The van der Waals surface area contributed by atoms with Crippen molar-refractivity contribution in [3.8, 4) is 0 Å². The van der Waals surface area contributed by atoms with Crippen LogP contribution in [0.15, 0.2) is 23.7 Å². The SMILES string of the molecule is Cc1cc([N+](=O)[O-])cnc1NC1CCCc2sccc21. The van der Waals surface area contributed by atoms with Gasteiger partial charge < -0.3 is 5.32 Å². The predicted molar refractivity (Wildman–Crippen MR) is 79.2 cm³/mol. The van der Waals surface area contributed by atoms with Crippen molar-refractivity contribution in [1.29, 1.82) is 0 Å². The Kier molecular flexibility index (Phi) is 3.40. The third kappa shape index (κ3) is 2.38. The molecule has 6 heteroatoms. The van der Waals surface area contributed by atoms with E-state index in [4.69, 9.17) is 0 Å². The van der Waals surface area contributed by atoms with E-state index in [1.54, 1.807) is 17.4 Å². The Hall–Kier alpha value is -1.95. The quantitative estimate of drug-likeness (QED) is 0.688. The van der Waals surface area contributed by atoms with Gasteiger partial charge in [0.1, 0.15) is 12.0 Å². The zero-order valence-corrected chi connectivity index (χ0v) is 11.9. The van der Waals surface area contributed by atoms with Crippen molar-refractivity contribution in [2.75, 3.05) is 5.32 Å². The molecule has 3 rings (SSSR count). The average Bonchev–Trinajstić information content (AvgIpc) is 2.90. The largest absolute Gasteiger partial charge is 0.363 e. The van der Waals surface area contributed by atoms with Gasteiger partial charge in [-0.3, -0.25) is 10.1 Å². The average molecular weight is 289 g/mol. The van der Waals surface area contributed by atoms with E-state index in [0.717, 1.165) is 30.6 Å². The number of aryl methyl sites for hydroxylation is 2. The number of fused-ring (bicyclic) bond motifs is 1. The van der Waals surface area contributed by atoms with E-state index in [-0.39, 0.29) is 11.7 Å². The van der Waals surface area contributed by atoms with E-state index in [9.17, 15) is 10.1 Å². The first-order valence-electron chi connectivity index (χ1n) is 6.59. The van der Waals surface area contributed by atoms with Gasteiger partial charge in [0.25, 0.3) is 5.69 Å². The van der Waals surface area contributed by atoms with E-state index < -0.39 is 4.92 Å². The van der Waals surface area contributed by atoms with Gasteiger partial charge in [0.2, 0.25) is 0 Å². The number of hydrogen-bond acceptors (Lipinski definition) is 5. The number of nitrogens with one attached hydrogen (secondary N) is 1. The summed E-state index contributed by atoms with van der Waals surface area (Å²) in [6.07, 6.45) is 4.70. The van der Waals surface area contributed by atoms with Crippen molar-refractivity contribution in [2.24, 2.45) is 0 Å². The molecule has 0 saturated heterocycles. The third-order valence-electron chi connectivity index (χ3n) is 3.64. The number of nitro groups is 1. The number of nitrogens with zero attached hydrogens (tertiary/aromatic N) is 2. The van der Waals surface area contributed by atoms with E-state index in [0.29, 0.717) is 0 Å². The Morgan fingerprint density at radius 1 is 1.55 bits per heavy atom. The Labute approximate surface area is 120 Å². The van der Waals surface area contributed by atoms with Crippen LogP contribution in [0.25, 0.3) is 0 Å². The molecule has 0 amide bonds. The van der Waals surface area contributed by atoms with Crippen molar-refractivity contribution >= 4 is 22.8 Å². The van der Waals surface area contributed by atoms with Gasteiger partial charge in [-0.15, -0.1) is 11.3 Å². The van der Waals surface area contributed by atoms with Crippen LogP contribution in [0.1, 0.15) is 34.9 Å². The fraction of sp³-hybridized carbons (Fsp3) is 0.357. The third-order valence-corrected chi connectivity index (χ3v) is 4.63. The molecule has 1 aliphatic carbocycles. The number of hydrogen-bond donors (Lipinski definition) is 1. The van der Waals surface area contributed by atoms with E-state index in [1.807, 2.05) is 6.92 Å². The smallest absolute Gasteiger partial charge is 0.287 e. The van der Waals surface area contributed by atoms with Crippen LogP contribution in [0.3, 0.4) is 0 Å². The first-order chi connectivity index (χ1) is 9.65. The lowest BCUT2D eigenvalue weighted by Crippen LogP contribution is -2.17. The highest BCUT2D eigenvalue weighted by Crippen LogP contribution is 2.35. The molecule has 0 spiro atoms. The number of anilines is 1. The van der Waals surface area contributed by atoms with Gasteiger partial charge in [0, 0.05) is 10.9 Å². The van der Waals surface area contributed by atoms with Gasteiger partial charge in [-0.1, -0.05) is 0 Å². The minimum Gasteiger partial charge on any atom is -0.363 e. The number of aromatic nitrogens is 1. The van der Waals surface area contributed by atoms with Gasteiger partial charge in [-0.25, -0.2) is 4.98 Å². The molecular weight excluding hydrogens is 274 g/mol. The first-order valence-corrected chi connectivity index (χ1v) is 7.47. The molecular formula is C14H15N3O2S. The fourth-order valence-electron chi connectivity index (χ4n) is 2.61.